The summed E-state index contributed by atoms with van der Waals surface area (Å²) in [5.74, 6) is 1.55. The third-order valence-electron chi connectivity index (χ3n) is 2.87. The van der Waals surface area contributed by atoms with Crippen LogP contribution in [0.25, 0.3) is 11.3 Å². The zero-order valence-electron chi connectivity index (χ0n) is 10.3. The predicted molar refractivity (Wildman–Crippen MR) is 66.3 cm³/mol. The van der Waals surface area contributed by atoms with Crippen LogP contribution in [0.4, 0.5) is 0 Å². The van der Waals surface area contributed by atoms with Gasteiger partial charge in [0.2, 0.25) is 0 Å². The highest BCUT2D eigenvalue weighted by Gasteiger charge is 2.15. The molecule has 1 aliphatic heterocycles. The molecule has 94 valence electrons. The van der Waals surface area contributed by atoms with E-state index in [-0.39, 0.29) is 0 Å². The molecular formula is C13H14N2O3. The molecule has 5 heteroatoms. The first-order chi connectivity index (χ1) is 8.78. The van der Waals surface area contributed by atoms with Crippen LogP contribution < -0.4 is 14.2 Å². The number of aromatic nitrogens is 2. The number of fused-ring (bicyclic) bond motifs is 1. The summed E-state index contributed by atoms with van der Waals surface area (Å²) in [7, 11) is 1.59. The Hall–Kier alpha value is -2.17. The van der Waals surface area contributed by atoms with Crippen LogP contribution in [0, 0.1) is 6.92 Å². The van der Waals surface area contributed by atoms with Crippen molar-refractivity contribution in [1.29, 1.82) is 0 Å². The van der Waals surface area contributed by atoms with Crippen molar-refractivity contribution in [3.63, 3.8) is 0 Å². The lowest BCUT2D eigenvalue weighted by atomic mass is 10.1. The fourth-order valence-electron chi connectivity index (χ4n) is 2.00. The fourth-order valence-corrected chi connectivity index (χ4v) is 2.00. The fraction of sp³-hybridized carbons (Fsp3) is 0.308. The molecule has 1 aliphatic rings. The normalized spacial score (nSPS) is 13.4. The molecular weight excluding hydrogens is 232 g/mol. The Balaban J connectivity index is 2.03. The topological polar surface area (TPSA) is 56.4 Å². The summed E-state index contributed by atoms with van der Waals surface area (Å²) in [6, 6.07) is 6.33. The highest BCUT2D eigenvalue weighted by molar-refractivity contribution is 5.66. The Labute approximate surface area is 105 Å². The number of H-pyrrole nitrogens is 1. The Bertz CT molecular complexity index is 578. The highest BCUT2D eigenvalue weighted by atomic mass is 16.6. The highest BCUT2D eigenvalue weighted by Crippen LogP contribution is 2.35. The number of aromatic amines is 1. The van der Waals surface area contributed by atoms with Crippen molar-refractivity contribution in [1.82, 2.24) is 9.97 Å². The number of hydrogen-bond acceptors (Lipinski definition) is 4. The first-order valence-electron chi connectivity index (χ1n) is 5.78. The average molecular weight is 246 g/mol. The smallest absolute Gasteiger partial charge is 0.294 e. The lowest BCUT2D eigenvalue weighted by Gasteiger charge is -2.18. The molecule has 0 radical (unpaired) electrons. The summed E-state index contributed by atoms with van der Waals surface area (Å²) in [6.45, 7) is 3.14. The van der Waals surface area contributed by atoms with E-state index in [9.17, 15) is 0 Å². The Morgan fingerprint density at radius 2 is 2.00 bits per heavy atom. The van der Waals surface area contributed by atoms with E-state index in [1.54, 1.807) is 7.11 Å². The van der Waals surface area contributed by atoms with E-state index in [0.29, 0.717) is 19.2 Å². The molecule has 5 nitrogen and oxygen atoms in total. The number of hydrogen-bond donors (Lipinski definition) is 1. The van der Waals surface area contributed by atoms with Crippen molar-refractivity contribution >= 4 is 0 Å². The number of methoxy groups -OCH3 is 1. The zero-order valence-corrected chi connectivity index (χ0v) is 10.3. The molecule has 2 heterocycles. The van der Waals surface area contributed by atoms with E-state index >= 15 is 0 Å². The molecule has 0 unspecified atom stereocenters. The van der Waals surface area contributed by atoms with Gasteiger partial charge in [0, 0.05) is 11.3 Å². The van der Waals surface area contributed by atoms with Crippen LogP contribution in [-0.2, 0) is 0 Å². The third kappa shape index (κ3) is 1.77. The minimum atomic E-state index is 0.511. The van der Waals surface area contributed by atoms with Gasteiger partial charge in [-0.05, 0) is 25.1 Å². The zero-order chi connectivity index (χ0) is 12.5. The summed E-state index contributed by atoms with van der Waals surface area (Å²) in [5, 5.41) is 0. The molecule has 0 saturated heterocycles. The molecule has 0 saturated carbocycles. The number of nitrogens with zero attached hydrogens (tertiary/aromatic N) is 1. The van der Waals surface area contributed by atoms with Crippen molar-refractivity contribution in [2.45, 2.75) is 6.92 Å². The van der Waals surface area contributed by atoms with Gasteiger partial charge in [-0.3, -0.25) is 0 Å². The summed E-state index contributed by atoms with van der Waals surface area (Å²) in [5.41, 5.74) is 2.81. The van der Waals surface area contributed by atoms with Gasteiger partial charge in [-0.1, -0.05) is 0 Å². The van der Waals surface area contributed by atoms with Gasteiger partial charge in [0.25, 0.3) is 6.01 Å². The predicted octanol–water partition coefficient (Wildman–Crippen LogP) is 2.16. The van der Waals surface area contributed by atoms with Gasteiger partial charge >= 0.3 is 0 Å². The van der Waals surface area contributed by atoms with Crippen molar-refractivity contribution in [3.05, 3.63) is 23.9 Å². The molecule has 2 aromatic rings. The second-order valence-electron chi connectivity index (χ2n) is 4.08. The van der Waals surface area contributed by atoms with E-state index in [2.05, 4.69) is 9.97 Å². The monoisotopic (exact) mass is 246 g/mol. The average Bonchev–Trinajstić information content (AvgIpc) is 2.79. The van der Waals surface area contributed by atoms with Crippen LogP contribution in [0.2, 0.25) is 0 Å². The minimum absolute atomic E-state index is 0.511. The number of ether oxygens (including phenoxy) is 3. The number of imidazole rings is 1. The first-order valence-corrected chi connectivity index (χ1v) is 5.78. The summed E-state index contributed by atoms with van der Waals surface area (Å²) < 4.78 is 16.1. The molecule has 0 fully saturated rings. The lowest BCUT2D eigenvalue weighted by Crippen LogP contribution is -2.15. The van der Waals surface area contributed by atoms with Gasteiger partial charge in [0.1, 0.15) is 13.2 Å². The van der Waals surface area contributed by atoms with Crippen molar-refractivity contribution < 1.29 is 14.2 Å². The molecule has 0 spiro atoms. The number of benzene rings is 1. The first kappa shape index (κ1) is 11.0. The second-order valence-corrected chi connectivity index (χ2v) is 4.08. The van der Waals surface area contributed by atoms with Gasteiger partial charge in [0.15, 0.2) is 11.5 Å². The van der Waals surface area contributed by atoms with Gasteiger partial charge in [0.05, 0.1) is 12.8 Å². The third-order valence-corrected chi connectivity index (χ3v) is 2.87. The number of rotatable bonds is 2. The molecule has 0 amide bonds. The Morgan fingerprint density at radius 3 is 2.72 bits per heavy atom. The maximum Gasteiger partial charge on any atom is 0.294 e. The summed E-state index contributed by atoms with van der Waals surface area (Å²) in [6.07, 6.45) is 0. The summed E-state index contributed by atoms with van der Waals surface area (Å²) >= 11 is 0. The Kier molecular flexibility index (Phi) is 2.59. The van der Waals surface area contributed by atoms with E-state index in [0.717, 1.165) is 28.5 Å². The van der Waals surface area contributed by atoms with Crippen LogP contribution in [0.5, 0.6) is 17.5 Å². The second kappa shape index (κ2) is 4.25. The van der Waals surface area contributed by atoms with Crippen LogP contribution in [0.1, 0.15) is 5.69 Å². The van der Waals surface area contributed by atoms with Gasteiger partial charge in [-0.2, -0.15) is 4.98 Å². The van der Waals surface area contributed by atoms with Crippen molar-refractivity contribution in [3.8, 4) is 28.8 Å². The number of nitrogens with one attached hydrogen (secondary N) is 1. The molecule has 1 N–H and O–H groups in total. The maximum absolute atomic E-state index is 5.56. The van der Waals surface area contributed by atoms with Gasteiger partial charge in [-0.15, -0.1) is 0 Å². The van der Waals surface area contributed by atoms with Crippen molar-refractivity contribution in [2.24, 2.45) is 0 Å². The van der Waals surface area contributed by atoms with Crippen LogP contribution in [0.15, 0.2) is 18.2 Å². The molecule has 0 atom stereocenters. The van der Waals surface area contributed by atoms with Crippen LogP contribution >= 0.6 is 0 Å². The largest absolute Gasteiger partial charge is 0.486 e. The molecule has 1 aromatic heterocycles. The molecule has 1 aromatic carbocycles. The lowest BCUT2D eigenvalue weighted by molar-refractivity contribution is 0.171. The van der Waals surface area contributed by atoms with Crippen LogP contribution in [0.3, 0.4) is 0 Å². The Morgan fingerprint density at radius 1 is 1.22 bits per heavy atom. The quantitative estimate of drug-likeness (QED) is 0.882. The maximum atomic E-state index is 5.56. The standard InChI is InChI=1S/C13H14N2O3/c1-8-12(15-13(14-8)16-2)9-3-4-10-11(7-9)18-6-5-17-10/h3-4,7H,5-6H2,1-2H3,(H,14,15). The van der Waals surface area contributed by atoms with E-state index in [1.807, 2.05) is 25.1 Å². The number of aryl methyl sites for hydroxylation is 1. The van der Waals surface area contributed by atoms with Gasteiger partial charge < -0.3 is 19.2 Å². The van der Waals surface area contributed by atoms with E-state index in [1.165, 1.54) is 0 Å². The molecule has 0 bridgehead atoms. The minimum Gasteiger partial charge on any atom is -0.486 e. The van der Waals surface area contributed by atoms with Crippen molar-refractivity contribution in [2.75, 3.05) is 20.3 Å². The van der Waals surface area contributed by atoms with E-state index in [4.69, 9.17) is 14.2 Å². The molecule has 0 aliphatic carbocycles. The SMILES string of the molecule is COc1nc(-c2ccc3c(c2)OCCO3)c(C)[nH]1. The van der Waals surface area contributed by atoms with E-state index < -0.39 is 0 Å². The molecule has 18 heavy (non-hydrogen) atoms. The van der Waals surface area contributed by atoms with Gasteiger partial charge in [-0.25, -0.2) is 0 Å². The molecule has 3 rings (SSSR count). The summed E-state index contributed by atoms with van der Waals surface area (Å²) in [4.78, 5) is 7.44. The van der Waals surface area contributed by atoms with Crippen LogP contribution in [-0.4, -0.2) is 30.3 Å².